The molecule has 7 heteroatoms. The van der Waals surface area contributed by atoms with Crippen molar-refractivity contribution in [3.8, 4) is 22.6 Å². The number of hydrogen-bond acceptors (Lipinski definition) is 6. The number of ether oxygens (including phenoxy) is 1. The standard InChI is InChI=1S/C28H26N2O5/c1-34-21-5-2-4-18(11-21)22-12-19-8-9-25(31)23(27(19)35-28(22)33)16-29-13-17-10-20(15-29)24-6-3-7-26(32)30(24)14-17/h2-9,11-12,17,20,31H,10,13-16H2,1H3/t17-,20+/m1/s1. The SMILES string of the molecule is COc1cccc(-c2cc3ccc(O)c(CN4C[C@H]5C[C@@H](C4)c4cccc(=O)n4C5)c3oc2=O)c1. The maximum Gasteiger partial charge on any atom is 0.344 e. The molecule has 0 aliphatic carbocycles. The van der Waals surface area contributed by atoms with E-state index in [0.29, 0.717) is 47.0 Å². The van der Waals surface area contributed by atoms with E-state index in [0.717, 1.165) is 30.6 Å². The lowest BCUT2D eigenvalue weighted by atomic mass is 9.83. The van der Waals surface area contributed by atoms with Crippen LogP contribution in [0, 0.1) is 5.92 Å². The molecule has 0 radical (unpaired) electrons. The first-order chi connectivity index (χ1) is 17.0. The number of benzene rings is 2. The Morgan fingerprint density at radius 3 is 2.74 bits per heavy atom. The van der Waals surface area contributed by atoms with Crippen LogP contribution in [0.4, 0.5) is 0 Å². The van der Waals surface area contributed by atoms with Gasteiger partial charge in [0.1, 0.15) is 17.1 Å². The van der Waals surface area contributed by atoms with Gasteiger partial charge in [0.05, 0.1) is 18.2 Å². The number of piperidine rings is 1. The van der Waals surface area contributed by atoms with E-state index in [1.165, 1.54) is 0 Å². The molecule has 2 aromatic carbocycles. The lowest BCUT2D eigenvalue weighted by molar-refractivity contribution is 0.113. The second kappa shape index (κ2) is 8.43. The highest BCUT2D eigenvalue weighted by atomic mass is 16.5. The van der Waals surface area contributed by atoms with Crippen molar-refractivity contribution in [1.29, 1.82) is 0 Å². The molecule has 1 N–H and O–H groups in total. The normalized spacial score (nSPS) is 19.5. The van der Waals surface area contributed by atoms with Gasteiger partial charge in [-0.1, -0.05) is 18.2 Å². The quantitative estimate of drug-likeness (QED) is 0.455. The summed E-state index contributed by atoms with van der Waals surface area (Å²) >= 11 is 0. The second-order valence-corrected chi connectivity index (χ2v) is 9.55. The molecule has 1 saturated heterocycles. The number of nitrogens with zero attached hydrogens (tertiary/aromatic N) is 2. The Balaban J connectivity index is 1.35. The number of pyridine rings is 1. The molecule has 2 bridgehead atoms. The average molecular weight is 471 g/mol. The van der Waals surface area contributed by atoms with Gasteiger partial charge in [0.25, 0.3) is 5.56 Å². The van der Waals surface area contributed by atoms with Crippen LogP contribution in [0.5, 0.6) is 11.5 Å². The Hall–Kier alpha value is -3.84. The third-order valence-corrected chi connectivity index (χ3v) is 7.30. The minimum Gasteiger partial charge on any atom is -0.507 e. The lowest BCUT2D eigenvalue weighted by Crippen LogP contribution is -2.46. The molecule has 35 heavy (non-hydrogen) atoms. The summed E-state index contributed by atoms with van der Waals surface area (Å²) in [4.78, 5) is 27.6. The second-order valence-electron chi connectivity index (χ2n) is 9.55. The first-order valence-electron chi connectivity index (χ1n) is 11.9. The summed E-state index contributed by atoms with van der Waals surface area (Å²) in [6.45, 7) is 2.78. The van der Waals surface area contributed by atoms with Crippen molar-refractivity contribution in [1.82, 2.24) is 9.47 Å². The van der Waals surface area contributed by atoms with Gasteiger partial charge in [-0.05, 0) is 54.3 Å². The molecule has 2 aliphatic rings. The number of methoxy groups -OCH3 is 1. The van der Waals surface area contributed by atoms with Gasteiger partial charge >= 0.3 is 5.63 Å². The van der Waals surface area contributed by atoms with Crippen LogP contribution in [0.3, 0.4) is 0 Å². The number of hydrogen-bond donors (Lipinski definition) is 1. The molecule has 0 unspecified atom stereocenters. The molecule has 178 valence electrons. The zero-order chi connectivity index (χ0) is 24.1. The predicted molar refractivity (Wildman–Crippen MR) is 133 cm³/mol. The fourth-order valence-electron chi connectivity index (χ4n) is 5.72. The van der Waals surface area contributed by atoms with Gasteiger partial charge in [-0.3, -0.25) is 9.69 Å². The van der Waals surface area contributed by atoms with E-state index in [1.807, 2.05) is 41.0 Å². The summed E-state index contributed by atoms with van der Waals surface area (Å²) in [5.74, 6) is 1.40. The molecule has 6 rings (SSSR count). The van der Waals surface area contributed by atoms with Crippen LogP contribution < -0.4 is 15.9 Å². The summed E-state index contributed by atoms with van der Waals surface area (Å²) in [5.41, 5.74) is 2.87. The predicted octanol–water partition coefficient (Wildman–Crippen LogP) is 3.96. The van der Waals surface area contributed by atoms with Crippen molar-refractivity contribution < 1.29 is 14.3 Å². The molecular weight excluding hydrogens is 444 g/mol. The molecule has 0 spiro atoms. The van der Waals surface area contributed by atoms with Gasteiger partial charge in [0, 0.05) is 49.2 Å². The lowest BCUT2D eigenvalue weighted by Gasteiger charge is -2.42. The van der Waals surface area contributed by atoms with Crippen molar-refractivity contribution in [3.05, 3.63) is 92.7 Å². The van der Waals surface area contributed by atoms with Gasteiger partial charge < -0.3 is 18.8 Å². The highest BCUT2D eigenvalue weighted by Crippen LogP contribution is 2.37. The molecule has 7 nitrogen and oxygen atoms in total. The summed E-state index contributed by atoms with van der Waals surface area (Å²) in [6.07, 6.45) is 1.06. The minimum absolute atomic E-state index is 0.0611. The first-order valence-corrected chi connectivity index (χ1v) is 11.9. The highest BCUT2D eigenvalue weighted by Gasteiger charge is 2.35. The molecular formula is C28H26N2O5. The Morgan fingerprint density at radius 1 is 1.03 bits per heavy atom. The minimum atomic E-state index is -0.457. The summed E-state index contributed by atoms with van der Waals surface area (Å²) in [6, 6.07) is 18.0. The number of fused-ring (bicyclic) bond motifs is 5. The molecule has 2 atom stereocenters. The Bertz CT molecular complexity index is 1550. The molecule has 0 saturated carbocycles. The van der Waals surface area contributed by atoms with E-state index in [9.17, 15) is 14.7 Å². The third-order valence-electron chi connectivity index (χ3n) is 7.30. The van der Waals surface area contributed by atoms with E-state index in [-0.39, 0.29) is 17.2 Å². The molecule has 4 aromatic rings. The average Bonchev–Trinajstić information content (AvgIpc) is 2.86. The van der Waals surface area contributed by atoms with Crippen LogP contribution in [0.1, 0.15) is 23.6 Å². The number of rotatable bonds is 4. The number of phenolic OH excluding ortho intramolecular Hbond substituents is 1. The van der Waals surface area contributed by atoms with Crippen LogP contribution in [0.2, 0.25) is 0 Å². The summed E-state index contributed by atoms with van der Waals surface area (Å²) in [7, 11) is 1.59. The largest absolute Gasteiger partial charge is 0.507 e. The van der Waals surface area contributed by atoms with Gasteiger partial charge in [0.15, 0.2) is 0 Å². The van der Waals surface area contributed by atoms with Crippen LogP contribution in [-0.2, 0) is 13.1 Å². The number of aromatic hydroxyl groups is 1. The van der Waals surface area contributed by atoms with Crippen molar-refractivity contribution in [2.24, 2.45) is 5.92 Å². The van der Waals surface area contributed by atoms with E-state index in [2.05, 4.69) is 4.90 Å². The van der Waals surface area contributed by atoms with Crippen LogP contribution in [0.15, 0.2) is 74.7 Å². The van der Waals surface area contributed by atoms with Crippen molar-refractivity contribution in [2.45, 2.75) is 25.4 Å². The summed E-state index contributed by atoms with van der Waals surface area (Å²) in [5, 5.41) is 11.5. The van der Waals surface area contributed by atoms with E-state index >= 15 is 0 Å². The maximum atomic E-state index is 13.0. The molecule has 4 heterocycles. The fraction of sp³-hybridized carbons (Fsp3) is 0.286. The topological polar surface area (TPSA) is 84.9 Å². The van der Waals surface area contributed by atoms with E-state index in [1.54, 1.807) is 31.4 Å². The van der Waals surface area contributed by atoms with Crippen LogP contribution in [-0.4, -0.2) is 34.8 Å². The number of aromatic nitrogens is 1. The van der Waals surface area contributed by atoms with Gasteiger partial charge in [0.2, 0.25) is 0 Å². The van der Waals surface area contributed by atoms with Gasteiger partial charge in [-0.2, -0.15) is 0 Å². The monoisotopic (exact) mass is 470 g/mol. The molecule has 2 aliphatic heterocycles. The van der Waals surface area contributed by atoms with Crippen molar-refractivity contribution in [2.75, 3.05) is 20.2 Å². The van der Waals surface area contributed by atoms with E-state index in [4.69, 9.17) is 9.15 Å². The molecule has 1 fully saturated rings. The Labute approximate surface area is 201 Å². The summed E-state index contributed by atoms with van der Waals surface area (Å²) < 4.78 is 13.0. The Morgan fingerprint density at radius 2 is 1.89 bits per heavy atom. The van der Waals surface area contributed by atoms with Crippen molar-refractivity contribution in [3.63, 3.8) is 0 Å². The molecule has 0 amide bonds. The number of phenols is 1. The zero-order valence-corrected chi connectivity index (χ0v) is 19.4. The van der Waals surface area contributed by atoms with Gasteiger partial charge in [-0.15, -0.1) is 0 Å². The zero-order valence-electron chi connectivity index (χ0n) is 19.4. The highest BCUT2D eigenvalue weighted by molar-refractivity contribution is 5.85. The first kappa shape index (κ1) is 21.7. The molecule has 2 aromatic heterocycles. The fourth-order valence-corrected chi connectivity index (χ4v) is 5.72. The van der Waals surface area contributed by atoms with Crippen molar-refractivity contribution >= 4 is 11.0 Å². The Kier molecular flexibility index (Phi) is 5.22. The third kappa shape index (κ3) is 3.82. The van der Waals surface area contributed by atoms with Crippen LogP contribution >= 0.6 is 0 Å². The maximum absolute atomic E-state index is 13.0. The smallest absolute Gasteiger partial charge is 0.344 e. The van der Waals surface area contributed by atoms with Crippen LogP contribution in [0.25, 0.3) is 22.1 Å². The van der Waals surface area contributed by atoms with E-state index < -0.39 is 5.63 Å². The van der Waals surface area contributed by atoms with Gasteiger partial charge in [-0.25, -0.2) is 4.79 Å². The number of likely N-dealkylation sites (tertiary alicyclic amines) is 1.